The molecule has 3 aromatic rings. The number of hydrogen-bond donors (Lipinski definition) is 2. The number of H-pyrrole nitrogens is 1. The van der Waals surface area contributed by atoms with Gasteiger partial charge < -0.3 is 24.7 Å². The summed E-state index contributed by atoms with van der Waals surface area (Å²) in [6.07, 6.45) is 1.94. The van der Waals surface area contributed by atoms with Crippen LogP contribution in [0.1, 0.15) is 41.1 Å². The standard InChI is InChI=1S/C25H31N3O3/c1-16-5-7-21-20(13-16)17(2)24(27-21)19-9-11-28(12-10-19)25(29)26-15-18-6-8-22(30-3)23(14-18)31-4/h5-8,13-14,19,27H,9-12,15H2,1-4H3,(H,26,29). The van der Waals surface area contributed by atoms with Gasteiger partial charge in [0.2, 0.25) is 0 Å². The van der Waals surface area contributed by atoms with Crippen LogP contribution in [0.3, 0.4) is 0 Å². The Morgan fingerprint density at radius 3 is 2.52 bits per heavy atom. The lowest BCUT2D eigenvalue weighted by molar-refractivity contribution is 0.180. The maximum absolute atomic E-state index is 12.7. The van der Waals surface area contributed by atoms with Crippen molar-refractivity contribution in [2.75, 3.05) is 27.3 Å². The Hall–Kier alpha value is -3.15. The topological polar surface area (TPSA) is 66.6 Å². The number of hydrogen-bond acceptors (Lipinski definition) is 3. The van der Waals surface area contributed by atoms with Gasteiger partial charge in [0.1, 0.15) is 0 Å². The molecule has 0 atom stereocenters. The van der Waals surface area contributed by atoms with E-state index in [0.717, 1.165) is 31.5 Å². The summed E-state index contributed by atoms with van der Waals surface area (Å²) < 4.78 is 10.6. The van der Waals surface area contributed by atoms with Crippen LogP contribution in [0.4, 0.5) is 4.79 Å². The van der Waals surface area contributed by atoms with E-state index < -0.39 is 0 Å². The highest BCUT2D eigenvalue weighted by molar-refractivity contribution is 5.85. The molecule has 31 heavy (non-hydrogen) atoms. The Labute approximate surface area is 183 Å². The van der Waals surface area contributed by atoms with Gasteiger partial charge in [0.05, 0.1) is 14.2 Å². The first-order valence-electron chi connectivity index (χ1n) is 10.8. The molecule has 0 radical (unpaired) electrons. The molecule has 2 amide bonds. The Morgan fingerprint density at radius 2 is 1.81 bits per heavy atom. The number of nitrogens with one attached hydrogen (secondary N) is 2. The Balaban J connectivity index is 1.35. The molecule has 1 fully saturated rings. The van der Waals surface area contributed by atoms with Crippen molar-refractivity contribution in [2.45, 2.75) is 39.2 Å². The van der Waals surface area contributed by atoms with Crippen LogP contribution in [0.15, 0.2) is 36.4 Å². The molecule has 6 nitrogen and oxygen atoms in total. The Morgan fingerprint density at radius 1 is 1.06 bits per heavy atom. The summed E-state index contributed by atoms with van der Waals surface area (Å²) in [4.78, 5) is 18.2. The molecule has 1 saturated heterocycles. The highest BCUT2D eigenvalue weighted by Crippen LogP contribution is 2.34. The minimum atomic E-state index is -0.0165. The molecule has 2 heterocycles. The molecule has 4 rings (SSSR count). The van der Waals surface area contributed by atoms with Crippen LogP contribution >= 0.6 is 0 Å². The fourth-order valence-electron chi connectivity index (χ4n) is 4.52. The number of nitrogens with zero attached hydrogens (tertiary/aromatic N) is 1. The number of aromatic amines is 1. The van der Waals surface area contributed by atoms with Crippen molar-refractivity contribution < 1.29 is 14.3 Å². The zero-order valence-corrected chi connectivity index (χ0v) is 18.7. The number of urea groups is 1. The molecule has 6 heteroatoms. The molecule has 0 unspecified atom stereocenters. The first-order chi connectivity index (χ1) is 15.0. The maximum atomic E-state index is 12.7. The molecule has 1 aliphatic rings. The van der Waals surface area contributed by atoms with Gasteiger partial charge in [-0.25, -0.2) is 4.79 Å². The molecule has 0 aliphatic carbocycles. The number of fused-ring (bicyclic) bond motifs is 1. The van der Waals surface area contributed by atoms with Crippen LogP contribution in [0, 0.1) is 13.8 Å². The van der Waals surface area contributed by atoms with E-state index >= 15 is 0 Å². The van der Waals surface area contributed by atoms with Gasteiger partial charge in [-0.05, 0) is 62.1 Å². The SMILES string of the molecule is COc1ccc(CNC(=O)N2CCC(c3[nH]c4ccc(C)cc4c3C)CC2)cc1OC. The monoisotopic (exact) mass is 421 g/mol. The number of ether oxygens (including phenoxy) is 2. The summed E-state index contributed by atoms with van der Waals surface area (Å²) >= 11 is 0. The third-order valence-corrected chi connectivity index (χ3v) is 6.33. The zero-order chi connectivity index (χ0) is 22.0. The van der Waals surface area contributed by atoms with Gasteiger partial charge in [0.25, 0.3) is 0 Å². The smallest absolute Gasteiger partial charge is 0.317 e. The van der Waals surface area contributed by atoms with Gasteiger partial charge in [-0.3, -0.25) is 0 Å². The van der Waals surface area contributed by atoms with Crippen molar-refractivity contribution in [3.63, 3.8) is 0 Å². The fraction of sp³-hybridized carbons (Fsp3) is 0.400. The van der Waals surface area contributed by atoms with Gasteiger partial charge in [-0.15, -0.1) is 0 Å². The number of piperidine rings is 1. The number of aromatic nitrogens is 1. The largest absolute Gasteiger partial charge is 0.493 e. The van der Waals surface area contributed by atoms with Gasteiger partial charge >= 0.3 is 6.03 Å². The fourth-order valence-corrected chi connectivity index (χ4v) is 4.52. The third kappa shape index (κ3) is 4.33. The summed E-state index contributed by atoms with van der Waals surface area (Å²) in [5.41, 5.74) is 6.13. The quantitative estimate of drug-likeness (QED) is 0.616. The highest BCUT2D eigenvalue weighted by Gasteiger charge is 2.26. The van der Waals surface area contributed by atoms with Crippen LogP contribution in [-0.4, -0.2) is 43.2 Å². The second kappa shape index (κ2) is 8.92. The van der Waals surface area contributed by atoms with Crippen LogP contribution in [0.25, 0.3) is 10.9 Å². The van der Waals surface area contributed by atoms with Crippen LogP contribution in [-0.2, 0) is 6.54 Å². The van der Waals surface area contributed by atoms with Crippen molar-refractivity contribution in [1.82, 2.24) is 15.2 Å². The third-order valence-electron chi connectivity index (χ3n) is 6.33. The molecular formula is C25H31N3O3. The van der Waals surface area contributed by atoms with Crippen molar-refractivity contribution >= 4 is 16.9 Å². The van der Waals surface area contributed by atoms with E-state index in [1.807, 2.05) is 23.1 Å². The van der Waals surface area contributed by atoms with E-state index in [4.69, 9.17) is 9.47 Å². The molecule has 2 aromatic carbocycles. The molecule has 164 valence electrons. The Kier molecular flexibility index (Phi) is 6.07. The number of carbonyl (C=O) groups is 1. The maximum Gasteiger partial charge on any atom is 0.317 e. The molecule has 0 bridgehead atoms. The van der Waals surface area contributed by atoms with Gasteiger partial charge in [0, 0.05) is 42.1 Å². The number of carbonyl (C=O) groups excluding carboxylic acids is 1. The molecule has 2 N–H and O–H groups in total. The number of aryl methyl sites for hydroxylation is 2. The highest BCUT2D eigenvalue weighted by atomic mass is 16.5. The van der Waals surface area contributed by atoms with Gasteiger partial charge in [-0.1, -0.05) is 17.7 Å². The van der Waals surface area contributed by atoms with E-state index in [1.165, 1.54) is 27.7 Å². The summed E-state index contributed by atoms with van der Waals surface area (Å²) in [5.74, 6) is 1.81. The molecular weight excluding hydrogens is 390 g/mol. The van der Waals surface area contributed by atoms with Gasteiger partial charge in [0.15, 0.2) is 11.5 Å². The van der Waals surface area contributed by atoms with Crippen molar-refractivity contribution in [2.24, 2.45) is 0 Å². The molecule has 1 aromatic heterocycles. The first-order valence-corrected chi connectivity index (χ1v) is 10.8. The lowest BCUT2D eigenvalue weighted by Crippen LogP contribution is -2.43. The van der Waals surface area contributed by atoms with E-state index in [2.05, 4.69) is 42.3 Å². The average Bonchev–Trinajstić information content (AvgIpc) is 3.13. The van der Waals surface area contributed by atoms with Crippen LogP contribution in [0.2, 0.25) is 0 Å². The normalized spacial score (nSPS) is 14.6. The first kappa shape index (κ1) is 21.1. The summed E-state index contributed by atoms with van der Waals surface area (Å²) in [6, 6.07) is 12.2. The summed E-state index contributed by atoms with van der Waals surface area (Å²) in [5, 5.41) is 4.34. The summed E-state index contributed by atoms with van der Waals surface area (Å²) in [7, 11) is 3.22. The second-order valence-electron chi connectivity index (χ2n) is 8.32. The number of rotatable bonds is 5. The van der Waals surface area contributed by atoms with Crippen LogP contribution < -0.4 is 14.8 Å². The average molecular weight is 422 g/mol. The van der Waals surface area contributed by atoms with E-state index in [-0.39, 0.29) is 6.03 Å². The van der Waals surface area contributed by atoms with E-state index in [9.17, 15) is 4.79 Å². The molecule has 1 aliphatic heterocycles. The molecule has 0 spiro atoms. The lowest BCUT2D eigenvalue weighted by atomic mass is 9.91. The van der Waals surface area contributed by atoms with E-state index in [0.29, 0.717) is 24.0 Å². The predicted molar refractivity (Wildman–Crippen MR) is 123 cm³/mol. The predicted octanol–water partition coefficient (Wildman–Crippen LogP) is 4.89. The number of methoxy groups -OCH3 is 2. The number of benzene rings is 2. The van der Waals surface area contributed by atoms with Crippen molar-refractivity contribution in [3.8, 4) is 11.5 Å². The second-order valence-corrected chi connectivity index (χ2v) is 8.32. The lowest BCUT2D eigenvalue weighted by Gasteiger charge is -2.32. The van der Waals surface area contributed by atoms with Gasteiger partial charge in [-0.2, -0.15) is 0 Å². The van der Waals surface area contributed by atoms with Crippen LogP contribution in [0.5, 0.6) is 11.5 Å². The Bertz CT molecular complexity index is 1080. The number of likely N-dealkylation sites (tertiary alicyclic amines) is 1. The zero-order valence-electron chi connectivity index (χ0n) is 18.7. The minimum Gasteiger partial charge on any atom is -0.493 e. The van der Waals surface area contributed by atoms with E-state index in [1.54, 1.807) is 14.2 Å². The van der Waals surface area contributed by atoms with Crippen molar-refractivity contribution in [1.29, 1.82) is 0 Å². The van der Waals surface area contributed by atoms with Crippen molar-refractivity contribution in [3.05, 3.63) is 58.8 Å². The molecule has 0 saturated carbocycles. The summed E-state index contributed by atoms with van der Waals surface area (Å²) in [6.45, 7) is 6.31. The number of amides is 2. The minimum absolute atomic E-state index is 0.0165.